The first-order valence-corrected chi connectivity index (χ1v) is 15.1. The van der Waals surface area contributed by atoms with Crippen LogP contribution in [-0.4, -0.2) is 99.4 Å². The predicted molar refractivity (Wildman–Crippen MR) is 147 cm³/mol. The van der Waals surface area contributed by atoms with Gasteiger partial charge in [0.25, 0.3) is 0 Å². The highest BCUT2D eigenvalue weighted by Gasteiger charge is 2.45. The first kappa shape index (κ1) is 29.6. The van der Waals surface area contributed by atoms with E-state index in [0.29, 0.717) is 42.2 Å². The number of rotatable bonds is 8. The maximum atomic E-state index is 13.9. The molecule has 2 saturated heterocycles. The summed E-state index contributed by atoms with van der Waals surface area (Å²) in [7, 11) is -1.14. The van der Waals surface area contributed by atoms with Gasteiger partial charge in [-0.2, -0.15) is 0 Å². The van der Waals surface area contributed by atoms with E-state index >= 15 is 0 Å². The third-order valence-corrected chi connectivity index (χ3v) is 11.0. The second-order valence-corrected chi connectivity index (χ2v) is 13.0. The van der Waals surface area contributed by atoms with E-state index in [2.05, 4.69) is 15.2 Å². The number of thiol groups is 1. The third kappa shape index (κ3) is 6.29. The molecule has 14 heteroatoms. The van der Waals surface area contributed by atoms with Crippen molar-refractivity contribution < 1.29 is 32.9 Å². The fourth-order valence-electron chi connectivity index (χ4n) is 5.13. The number of hydrogen-bond acceptors (Lipinski definition) is 7. The van der Waals surface area contributed by atoms with Crippen molar-refractivity contribution in [1.82, 2.24) is 19.9 Å². The van der Waals surface area contributed by atoms with Gasteiger partial charge in [-0.3, -0.25) is 4.90 Å². The molecule has 0 saturated carbocycles. The van der Waals surface area contributed by atoms with Gasteiger partial charge in [-0.1, -0.05) is 28.4 Å². The van der Waals surface area contributed by atoms with Crippen LogP contribution in [0, 0.1) is 17.5 Å². The summed E-state index contributed by atoms with van der Waals surface area (Å²) < 4.78 is 54.4. The average Bonchev–Trinajstić information content (AvgIpc) is 3.43. The lowest BCUT2D eigenvalue weighted by Gasteiger charge is -2.46. The Morgan fingerprint density at radius 3 is 2.48 bits per heavy atom. The lowest BCUT2D eigenvalue weighted by atomic mass is 10.0. The van der Waals surface area contributed by atoms with Crippen LogP contribution < -0.4 is 0 Å². The molecule has 1 aromatic heterocycles. The summed E-state index contributed by atoms with van der Waals surface area (Å²) >= 11 is 12.4. The number of aliphatic hydroxyl groups is 2. The SMILES string of the molecule is OC[C@@H]1[C@H](O)[C@H](n2cc(-c3cc(F)c(F)c(F)c3)nn2)[C@@H](OCCN2CCOCC2)C[SH]1c1ccc(Cl)c(Cl)c1. The van der Waals surface area contributed by atoms with E-state index in [9.17, 15) is 23.4 Å². The van der Waals surface area contributed by atoms with Crippen LogP contribution in [0.25, 0.3) is 11.3 Å². The minimum atomic E-state index is -1.57. The van der Waals surface area contributed by atoms with Gasteiger partial charge in [-0.25, -0.2) is 28.7 Å². The number of benzene rings is 2. The Morgan fingerprint density at radius 1 is 1.07 bits per heavy atom. The molecular weight excluding hydrogens is 592 g/mol. The Kier molecular flexibility index (Phi) is 9.58. The highest BCUT2D eigenvalue weighted by molar-refractivity contribution is 8.17. The molecule has 0 radical (unpaired) electrons. The van der Waals surface area contributed by atoms with Crippen molar-refractivity contribution in [3.63, 3.8) is 0 Å². The highest BCUT2D eigenvalue weighted by atomic mass is 35.5. The van der Waals surface area contributed by atoms with Crippen LogP contribution >= 0.6 is 34.1 Å². The fourth-order valence-corrected chi connectivity index (χ4v) is 8.38. The molecule has 5 rings (SSSR count). The van der Waals surface area contributed by atoms with E-state index < -0.39 is 51.8 Å². The summed E-state index contributed by atoms with van der Waals surface area (Å²) in [4.78, 5) is 3.08. The van der Waals surface area contributed by atoms with Crippen LogP contribution in [0.1, 0.15) is 6.04 Å². The normalized spacial score (nSPS) is 26.7. The van der Waals surface area contributed by atoms with Crippen molar-refractivity contribution >= 4 is 34.1 Å². The molecule has 0 spiro atoms. The first-order valence-electron chi connectivity index (χ1n) is 12.8. The molecule has 218 valence electrons. The topological polar surface area (TPSA) is 92.9 Å². The van der Waals surface area contributed by atoms with Crippen molar-refractivity contribution in [3.8, 4) is 11.3 Å². The van der Waals surface area contributed by atoms with Gasteiger partial charge < -0.3 is 19.7 Å². The molecule has 3 aromatic rings. The summed E-state index contributed by atoms with van der Waals surface area (Å²) in [5, 5.41) is 30.3. The number of aromatic nitrogens is 3. The fraction of sp³-hybridized carbons (Fsp3) is 0.462. The number of nitrogens with zero attached hydrogens (tertiary/aromatic N) is 4. The van der Waals surface area contributed by atoms with Gasteiger partial charge >= 0.3 is 0 Å². The largest absolute Gasteiger partial charge is 0.395 e. The van der Waals surface area contributed by atoms with Gasteiger partial charge in [-0.15, -0.1) is 5.10 Å². The predicted octanol–water partition coefficient (Wildman–Crippen LogP) is 3.72. The number of hydrogen-bond donors (Lipinski definition) is 3. The van der Waals surface area contributed by atoms with Crippen molar-refractivity contribution in [2.75, 3.05) is 51.8 Å². The molecule has 0 bridgehead atoms. The lowest BCUT2D eigenvalue weighted by Crippen LogP contribution is -2.51. The molecule has 8 nitrogen and oxygen atoms in total. The molecule has 40 heavy (non-hydrogen) atoms. The Balaban J connectivity index is 1.44. The minimum absolute atomic E-state index is 0.00509. The second kappa shape index (κ2) is 13.0. The zero-order chi connectivity index (χ0) is 28.4. The molecule has 5 atom stereocenters. The number of morpholine rings is 1. The first-order chi connectivity index (χ1) is 19.3. The molecule has 2 aromatic carbocycles. The summed E-state index contributed by atoms with van der Waals surface area (Å²) in [6.07, 6.45) is -0.223. The number of halogens is 5. The van der Waals surface area contributed by atoms with Crippen molar-refractivity contribution in [1.29, 1.82) is 0 Å². The van der Waals surface area contributed by atoms with E-state index in [1.54, 1.807) is 12.1 Å². The van der Waals surface area contributed by atoms with Crippen molar-refractivity contribution in [2.24, 2.45) is 0 Å². The molecule has 2 aliphatic heterocycles. The molecule has 3 heterocycles. The van der Waals surface area contributed by atoms with Gasteiger partial charge in [0, 0.05) is 36.2 Å². The standard InChI is InChI=1S/C26H29Cl2F3N4O4S/c27-17-2-1-16(11-18(17)28)40-14-22(39-8-5-34-3-6-38-7-4-34)25(26(37)23(40)13-36)35-12-21(32-33-35)15-9-19(29)24(31)20(30)10-15/h1-2,9-12,22-23,25-26,36-37,40H,3-8,13-14H2/t22-,23+,25+,26-/m0/s1. The maximum absolute atomic E-state index is 13.9. The van der Waals surface area contributed by atoms with Gasteiger partial charge in [-0.05, 0) is 35.2 Å². The molecule has 1 unspecified atom stereocenters. The smallest absolute Gasteiger partial charge is 0.194 e. The van der Waals surface area contributed by atoms with E-state index in [1.165, 1.54) is 10.9 Å². The summed E-state index contributed by atoms with van der Waals surface area (Å²) in [6.45, 7) is 3.61. The van der Waals surface area contributed by atoms with Crippen LogP contribution in [0.2, 0.25) is 10.0 Å². The van der Waals surface area contributed by atoms with Crippen LogP contribution in [0.3, 0.4) is 0 Å². The van der Waals surface area contributed by atoms with Gasteiger partial charge in [0.2, 0.25) is 0 Å². The summed E-state index contributed by atoms with van der Waals surface area (Å²) in [6, 6.07) is 6.18. The average molecular weight is 622 g/mol. The Hall–Kier alpha value is -1.90. The number of aliphatic hydroxyl groups excluding tert-OH is 2. The third-order valence-electron chi connectivity index (χ3n) is 7.26. The van der Waals surface area contributed by atoms with Gasteiger partial charge in [0.1, 0.15) is 11.7 Å². The molecule has 2 aliphatic rings. The van der Waals surface area contributed by atoms with Crippen molar-refractivity contribution in [3.05, 3.63) is 64.0 Å². The van der Waals surface area contributed by atoms with Crippen LogP contribution in [0.4, 0.5) is 13.2 Å². The Bertz CT molecular complexity index is 1310. The lowest BCUT2D eigenvalue weighted by molar-refractivity contribution is -0.0453. The van der Waals surface area contributed by atoms with Crippen molar-refractivity contribution in [2.45, 2.75) is 28.4 Å². The number of ether oxygens (including phenoxy) is 2. The Morgan fingerprint density at radius 2 is 1.80 bits per heavy atom. The van der Waals surface area contributed by atoms with Gasteiger partial charge in [0.15, 0.2) is 17.5 Å². The molecule has 2 fully saturated rings. The quantitative estimate of drug-likeness (QED) is 0.261. The van der Waals surface area contributed by atoms with E-state index in [0.717, 1.165) is 30.1 Å². The molecule has 2 N–H and O–H groups in total. The zero-order valence-corrected chi connectivity index (χ0v) is 23.7. The molecular formula is C26H29Cl2F3N4O4S. The van der Waals surface area contributed by atoms with Crippen LogP contribution in [-0.2, 0) is 9.47 Å². The van der Waals surface area contributed by atoms with E-state index in [1.807, 2.05) is 6.07 Å². The zero-order valence-electron chi connectivity index (χ0n) is 21.3. The van der Waals surface area contributed by atoms with Crippen LogP contribution in [0.5, 0.6) is 0 Å². The molecule has 0 amide bonds. The second-order valence-electron chi connectivity index (χ2n) is 9.68. The van der Waals surface area contributed by atoms with E-state index in [-0.39, 0.29) is 17.9 Å². The highest BCUT2D eigenvalue weighted by Crippen LogP contribution is 2.51. The van der Waals surface area contributed by atoms with Crippen LogP contribution in [0.15, 0.2) is 41.4 Å². The maximum Gasteiger partial charge on any atom is 0.194 e. The summed E-state index contributed by atoms with van der Waals surface area (Å²) in [5.41, 5.74) is 0.0874. The monoisotopic (exact) mass is 620 g/mol. The van der Waals surface area contributed by atoms with E-state index in [4.69, 9.17) is 32.7 Å². The van der Waals surface area contributed by atoms with Gasteiger partial charge in [0.05, 0.1) is 54.9 Å². The Labute approximate surface area is 241 Å². The minimum Gasteiger partial charge on any atom is -0.395 e. The summed E-state index contributed by atoms with van der Waals surface area (Å²) in [5.74, 6) is -3.80. The molecule has 0 aliphatic carbocycles.